The van der Waals surface area contributed by atoms with Gasteiger partial charge in [0.15, 0.2) is 11.5 Å². The molecule has 5 nitrogen and oxygen atoms in total. The Bertz CT molecular complexity index is 495. The fraction of sp³-hybridized carbons (Fsp3) is 0.588. The number of benzene rings is 1. The maximum Gasteiger partial charge on any atom is 0.305 e. The van der Waals surface area contributed by atoms with Crippen LogP contribution >= 0.6 is 0 Å². The third kappa shape index (κ3) is 4.13. The molecule has 1 aromatic rings. The summed E-state index contributed by atoms with van der Waals surface area (Å²) in [5.74, 6) is 1.91. The van der Waals surface area contributed by atoms with E-state index in [1.54, 1.807) is 14.2 Å². The molecule has 1 aliphatic rings. The van der Waals surface area contributed by atoms with Crippen molar-refractivity contribution in [2.45, 2.75) is 25.8 Å². The second-order valence-electron chi connectivity index (χ2n) is 5.65. The molecule has 1 saturated heterocycles. The van der Waals surface area contributed by atoms with Crippen LogP contribution in [0.3, 0.4) is 0 Å². The minimum absolute atomic E-state index is 0.104. The lowest BCUT2D eigenvalue weighted by molar-refractivity contribution is -0.142. The molecule has 0 spiro atoms. The summed E-state index contributed by atoms with van der Waals surface area (Å²) in [5, 5.41) is 0. The summed E-state index contributed by atoms with van der Waals surface area (Å²) in [6.45, 7) is 2.81. The first-order chi connectivity index (χ1) is 10.7. The highest BCUT2D eigenvalue weighted by molar-refractivity contribution is 5.69. The average molecular weight is 307 g/mol. The Morgan fingerprint density at radius 2 is 1.91 bits per heavy atom. The zero-order chi connectivity index (χ0) is 15.9. The van der Waals surface area contributed by atoms with Crippen molar-refractivity contribution in [1.29, 1.82) is 0 Å². The van der Waals surface area contributed by atoms with Crippen molar-refractivity contribution in [1.82, 2.24) is 4.90 Å². The summed E-state index contributed by atoms with van der Waals surface area (Å²) in [4.78, 5) is 13.7. The summed E-state index contributed by atoms with van der Waals surface area (Å²) >= 11 is 0. The molecule has 1 fully saturated rings. The number of methoxy groups -OCH3 is 3. The van der Waals surface area contributed by atoms with Gasteiger partial charge in [0.05, 0.1) is 21.3 Å². The molecule has 5 heteroatoms. The van der Waals surface area contributed by atoms with Crippen LogP contribution in [0.5, 0.6) is 11.5 Å². The second kappa shape index (κ2) is 8.03. The van der Waals surface area contributed by atoms with Crippen LogP contribution in [-0.4, -0.2) is 45.3 Å². The molecule has 1 aromatic carbocycles. The van der Waals surface area contributed by atoms with E-state index < -0.39 is 0 Å². The number of carbonyl (C=O) groups is 1. The Morgan fingerprint density at radius 1 is 1.18 bits per heavy atom. The number of likely N-dealkylation sites (tertiary alicyclic amines) is 1. The molecule has 1 aliphatic heterocycles. The molecule has 122 valence electrons. The van der Waals surface area contributed by atoms with Crippen molar-refractivity contribution in [2.75, 3.05) is 34.4 Å². The molecule has 0 amide bonds. The number of piperidine rings is 1. The van der Waals surface area contributed by atoms with Gasteiger partial charge in [0.25, 0.3) is 0 Å². The molecule has 0 radical (unpaired) electrons. The summed E-state index contributed by atoms with van der Waals surface area (Å²) in [7, 11) is 4.77. The van der Waals surface area contributed by atoms with E-state index in [0.717, 1.165) is 49.5 Å². The van der Waals surface area contributed by atoms with E-state index >= 15 is 0 Å². The van der Waals surface area contributed by atoms with Crippen LogP contribution in [0.4, 0.5) is 0 Å². The smallest absolute Gasteiger partial charge is 0.305 e. The van der Waals surface area contributed by atoms with Crippen molar-refractivity contribution >= 4 is 5.97 Å². The summed E-state index contributed by atoms with van der Waals surface area (Å²) in [6, 6.07) is 5.97. The van der Waals surface area contributed by atoms with Gasteiger partial charge < -0.3 is 14.2 Å². The summed E-state index contributed by atoms with van der Waals surface area (Å²) in [5.41, 5.74) is 1.13. The topological polar surface area (TPSA) is 48.0 Å². The first-order valence-electron chi connectivity index (χ1n) is 7.67. The van der Waals surface area contributed by atoms with Crippen molar-refractivity contribution in [3.63, 3.8) is 0 Å². The normalized spacial score (nSPS) is 16.3. The van der Waals surface area contributed by atoms with E-state index in [-0.39, 0.29) is 5.97 Å². The Labute approximate surface area is 132 Å². The lowest BCUT2D eigenvalue weighted by Crippen LogP contribution is -2.34. The van der Waals surface area contributed by atoms with Gasteiger partial charge >= 0.3 is 5.97 Å². The Balaban J connectivity index is 1.92. The van der Waals surface area contributed by atoms with Gasteiger partial charge in [0.1, 0.15) is 0 Å². The number of nitrogens with zero attached hydrogens (tertiary/aromatic N) is 1. The molecule has 0 aromatic heterocycles. The van der Waals surface area contributed by atoms with Crippen molar-refractivity contribution < 1.29 is 19.0 Å². The van der Waals surface area contributed by atoms with Gasteiger partial charge in [-0.25, -0.2) is 0 Å². The SMILES string of the molecule is COC(=O)CC1CCN(Cc2cccc(OC)c2OC)CC1. The molecule has 22 heavy (non-hydrogen) atoms. The van der Waals surface area contributed by atoms with Crippen molar-refractivity contribution in [2.24, 2.45) is 5.92 Å². The second-order valence-corrected chi connectivity index (χ2v) is 5.65. The van der Waals surface area contributed by atoms with Gasteiger partial charge in [-0.3, -0.25) is 9.69 Å². The van der Waals surface area contributed by atoms with Crippen LogP contribution in [0.2, 0.25) is 0 Å². The van der Waals surface area contributed by atoms with E-state index in [4.69, 9.17) is 14.2 Å². The summed E-state index contributed by atoms with van der Waals surface area (Å²) < 4.78 is 15.6. The molecule has 0 atom stereocenters. The predicted molar refractivity (Wildman–Crippen MR) is 84.2 cm³/mol. The monoisotopic (exact) mass is 307 g/mol. The average Bonchev–Trinajstić information content (AvgIpc) is 2.56. The highest BCUT2D eigenvalue weighted by Gasteiger charge is 2.23. The maximum atomic E-state index is 11.3. The Kier molecular flexibility index (Phi) is 6.07. The molecule has 0 saturated carbocycles. The minimum Gasteiger partial charge on any atom is -0.493 e. The van der Waals surface area contributed by atoms with Crippen molar-refractivity contribution in [3.8, 4) is 11.5 Å². The van der Waals surface area contributed by atoms with E-state index in [0.29, 0.717) is 12.3 Å². The van der Waals surface area contributed by atoms with E-state index in [1.807, 2.05) is 12.1 Å². The van der Waals surface area contributed by atoms with Gasteiger partial charge in [-0.1, -0.05) is 12.1 Å². The third-order valence-electron chi connectivity index (χ3n) is 4.27. The van der Waals surface area contributed by atoms with Crippen LogP contribution in [-0.2, 0) is 16.1 Å². The van der Waals surface area contributed by atoms with Gasteiger partial charge in [-0.15, -0.1) is 0 Å². The van der Waals surface area contributed by atoms with Gasteiger partial charge in [-0.2, -0.15) is 0 Å². The fourth-order valence-corrected chi connectivity index (χ4v) is 2.99. The van der Waals surface area contributed by atoms with E-state index in [1.165, 1.54) is 7.11 Å². The largest absolute Gasteiger partial charge is 0.493 e. The van der Waals surface area contributed by atoms with E-state index in [9.17, 15) is 4.79 Å². The quantitative estimate of drug-likeness (QED) is 0.756. The molecule has 2 rings (SSSR count). The Morgan fingerprint density at radius 3 is 2.50 bits per heavy atom. The highest BCUT2D eigenvalue weighted by atomic mass is 16.5. The number of ether oxygens (including phenoxy) is 3. The summed E-state index contributed by atoms with van der Waals surface area (Å²) in [6.07, 6.45) is 2.59. The third-order valence-corrected chi connectivity index (χ3v) is 4.27. The van der Waals surface area contributed by atoms with E-state index in [2.05, 4.69) is 11.0 Å². The predicted octanol–water partition coefficient (Wildman–Crippen LogP) is 2.48. The van der Waals surface area contributed by atoms with Gasteiger partial charge in [0.2, 0.25) is 0 Å². The van der Waals surface area contributed by atoms with Crippen LogP contribution < -0.4 is 9.47 Å². The van der Waals surface area contributed by atoms with Crippen LogP contribution in [0.15, 0.2) is 18.2 Å². The molecule has 0 bridgehead atoms. The van der Waals surface area contributed by atoms with Crippen LogP contribution in [0, 0.1) is 5.92 Å². The molecular weight excluding hydrogens is 282 g/mol. The molecule has 1 heterocycles. The number of hydrogen-bond donors (Lipinski definition) is 0. The first-order valence-corrected chi connectivity index (χ1v) is 7.67. The zero-order valence-corrected chi connectivity index (χ0v) is 13.6. The van der Waals surface area contributed by atoms with Crippen LogP contribution in [0.25, 0.3) is 0 Å². The number of carbonyl (C=O) groups excluding carboxylic acids is 1. The standard InChI is InChI=1S/C17H25NO4/c1-20-15-6-4-5-14(17(15)22-3)12-18-9-7-13(8-10-18)11-16(19)21-2/h4-6,13H,7-12H2,1-3H3. The fourth-order valence-electron chi connectivity index (χ4n) is 2.99. The molecule has 0 N–H and O–H groups in total. The maximum absolute atomic E-state index is 11.3. The van der Waals surface area contributed by atoms with Gasteiger partial charge in [-0.05, 0) is 37.9 Å². The number of rotatable bonds is 6. The highest BCUT2D eigenvalue weighted by Crippen LogP contribution is 2.32. The number of hydrogen-bond acceptors (Lipinski definition) is 5. The molecule has 0 unspecified atom stereocenters. The van der Waals surface area contributed by atoms with Gasteiger partial charge in [0, 0.05) is 18.5 Å². The lowest BCUT2D eigenvalue weighted by atomic mass is 9.93. The first kappa shape index (κ1) is 16.6. The van der Waals surface area contributed by atoms with Crippen LogP contribution in [0.1, 0.15) is 24.8 Å². The molecular formula is C17H25NO4. The zero-order valence-electron chi connectivity index (χ0n) is 13.6. The lowest BCUT2D eigenvalue weighted by Gasteiger charge is -2.31. The minimum atomic E-state index is -0.104. The number of esters is 1. The van der Waals surface area contributed by atoms with Crippen molar-refractivity contribution in [3.05, 3.63) is 23.8 Å². The molecule has 0 aliphatic carbocycles. The number of para-hydroxylation sites is 1. The Hall–Kier alpha value is -1.75.